The first-order chi connectivity index (χ1) is 14.3. The molecule has 162 valence electrons. The summed E-state index contributed by atoms with van der Waals surface area (Å²) in [6, 6.07) is 7.97. The van der Waals surface area contributed by atoms with Crippen LogP contribution < -0.4 is 5.32 Å². The number of halogens is 2. The second-order valence-corrected chi connectivity index (χ2v) is 9.60. The first-order valence-corrected chi connectivity index (χ1v) is 12.0. The predicted molar refractivity (Wildman–Crippen MR) is 119 cm³/mol. The van der Waals surface area contributed by atoms with E-state index < -0.39 is 15.9 Å². The van der Waals surface area contributed by atoms with Crippen molar-refractivity contribution in [3.05, 3.63) is 57.1 Å². The van der Waals surface area contributed by atoms with Gasteiger partial charge in [0.2, 0.25) is 10.0 Å². The molecule has 0 saturated carbocycles. The van der Waals surface area contributed by atoms with Crippen LogP contribution in [-0.4, -0.2) is 44.9 Å². The maximum atomic E-state index is 13.0. The van der Waals surface area contributed by atoms with E-state index >= 15 is 0 Å². The average molecular weight is 471 g/mol. The Kier molecular flexibility index (Phi) is 7.42. The number of hydrogen-bond acceptors (Lipinski definition) is 4. The summed E-state index contributed by atoms with van der Waals surface area (Å²) in [6.07, 6.45) is 1.37. The van der Waals surface area contributed by atoms with Gasteiger partial charge in [0.15, 0.2) is 0 Å². The number of rotatable bonds is 6. The van der Waals surface area contributed by atoms with Gasteiger partial charge in [0.1, 0.15) is 4.90 Å². The van der Waals surface area contributed by atoms with E-state index in [1.54, 1.807) is 0 Å². The molecule has 3 rings (SSSR count). The molecule has 1 saturated heterocycles. The lowest BCUT2D eigenvalue weighted by molar-refractivity contribution is 0.0730. The van der Waals surface area contributed by atoms with Gasteiger partial charge in [0.05, 0.1) is 18.2 Å². The third-order valence-electron chi connectivity index (χ3n) is 5.10. The highest BCUT2D eigenvalue weighted by Crippen LogP contribution is 2.31. The number of morpholine rings is 1. The molecule has 1 fully saturated rings. The van der Waals surface area contributed by atoms with Gasteiger partial charge in [-0.2, -0.15) is 4.31 Å². The molecule has 0 bridgehead atoms. The first-order valence-electron chi connectivity index (χ1n) is 9.78. The number of carbonyl (C=O) groups excluding carboxylic acids is 1. The largest absolute Gasteiger partial charge is 0.379 e. The molecule has 6 nitrogen and oxygen atoms in total. The molecule has 1 amide bonds. The number of hydrogen-bond donors (Lipinski definition) is 1. The van der Waals surface area contributed by atoms with Crippen molar-refractivity contribution in [2.75, 3.05) is 31.6 Å². The summed E-state index contributed by atoms with van der Waals surface area (Å²) >= 11 is 12.5. The predicted octanol–water partition coefficient (Wildman–Crippen LogP) is 4.39. The lowest BCUT2D eigenvalue weighted by Gasteiger charge is -2.26. The molecule has 0 radical (unpaired) electrons. The standard InChI is InChI=1S/C21H24Cl2N2O4S/c1-3-14-5-7-17(22)16(4-2)20(14)24-21(26)15-6-8-18(23)19(13-15)30(27,28)25-9-11-29-12-10-25/h5-8,13H,3-4,9-12H2,1-2H3,(H,24,26). The van der Waals surface area contributed by atoms with Crippen LogP contribution in [-0.2, 0) is 27.6 Å². The van der Waals surface area contributed by atoms with Gasteiger partial charge in [0, 0.05) is 29.4 Å². The highest BCUT2D eigenvalue weighted by atomic mass is 35.5. The summed E-state index contributed by atoms with van der Waals surface area (Å²) in [5.74, 6) is -0.420. The molecule has 0 spiro atoms. The monoisotopic (exact) mass is 470 g/mol. The van der Waals surface area contributed by atoms with Gasteiger partial charge in [-0.3, -0.25) is 4.79 Å². The van der Waals surface area contributed by atoms with E-state index in [2.05, 4.69) is 5.32 Å². The van der Waals surface area contributed by atoms with E-state index in [0.29, 0.717) is 30.3 Å². The summed E-state index contributed by atoms with van der Waals surface area (Å²) in [7, 11) is -3.83. The molecule has 9 heteroatoms. The van der Waals surface area contributed by atoms with Crippen molar-refractivity contribution in [1.82, 2.24) is 4.31 Å². The van der Waals surface area contributed by atoms with E-state index in [1.807, 2.05) is 26.0 Å². The topological polar surface area (TPSA) is 75.7 Å². The van der Waals surface area contributed by atoms with E-state index in [0.717, 1.165) is 17.5 Å². The highest BCUT2D eigenvalue weighted by Gasteiger charge is 2.29. The van der Waals surface area contributed by atoms with Crippen molar-refractivity contribution in [2.45, 2.75) is 31.6 Å². The third kappa shape index (κ3) is 4.65. The van der Waals surface area contributed by atoms with Gasteiger partial charge in [-0.1, -0.05) is 43.1 Å². The Morgan fingerprint density at radius 3 is 2.37 bits per heavy atom. The summed E-state index contributed by atoms with van der Waals surface area (Å²) in [4.78, 5) is 12.9. The SMILES string of the molecule is CCc1ccc(Cl)c(CC)c1NC(=O)c1ccc(Cl)c(S(=O)(=O)N2CCOCC2)c1. The molecule has 1 aliphatic heterocycles. The Hall–Kier alpha value is -1.64. The van der Waals surface area contributed by atoms with Crippen LogP contribution in [0.15, 0.2) is 35.2 Å². The second-order valence-electron chi connectivity index (χ2n) is 6.88. The molecule has 0 aromatic heterocycles. The molecule has 0 atom stereocenters. The van der Waals surface area contributed by atoms with Gasteiger partial charge < -0.3 is 10.1 Å². The zero-order chi connectivity index (χ0) is 21.9. The zero-order valence-electron chi connectivity index (χ0n) is 16.9. The minimum Gasteiger partial charge on any atom is -0.379 e. The summed E-state index contributed by atoms with van der Waals surface area (Å²) in [5.41, 5.74) is 2.68. The number of carbonyl (C=O) groups is 1. The number of ether oxygens (including phenoxy) is 1. The number of sulfonamides is 1. The lowest BCUT2D eigenvalue weighted by Crippen LogP contribution is -2.40. The van der Waals surface area contributed by atoms with Crippen LogP contribution in [0.3, 0.4) is 0 Å². The Labute approximate surface area is 187 Å². The zero-order valence-corrected chi connectivity index (χ0v) is 19.2. The lowest BCUT2D eigenvalue weighted by atomic mass is 10.0. The summed E-state index contributed by atoms with van der Waals surface area (Å²) < 4.78 is 32.6. The normalized spacial score (nSPS) is 15.2. The number of amides is 1. The molecule has 2 aromatic rings. The van der Waals surface area contributed by atoms with Crippen LogP contribution in [0.2, 0.25) is 10.0 Å². The number of aryl methyl sites for hydroxylation is 1. The van der Waals surface area contributed by atoms with Crippen molar-refractivity contribution in [2.24, 2.45) is 0 Å². The fourth-order valence-corrected chi connectivity index (χ4v) is 5.62. The van der Waals surface area contributed by atoms with E-state index in [-0.39, 0.29) is 28.6 Å². The van der Waals surface area contributed by atoms with Crippen LogP contribution in [0.4, 0.5) is 5.69 Å². The minimum atomic E-state index is -3.83. The number of benzene rings is 2. The maximum Gasteiger partial charge on any atom is 0.255 e. The Bertz CT molecular complexity index is 1050. The average Bonchev–Trinajstić information content (AvgIpc) is 2.75. The van der Waals surface area contributed by atoms with Crippen molar-refractivity contribution < 1.29 is 17.9 Å². The summed E-state index contributed by atoms with van der Waals surface area (Å²) in [6.45, 7) is 5.10. The molecule has 1 N–H and O–H groups in total. The van der Waals surface area contributed by atoms with E-state index in [1.165, 1.54) is 22.5 Å². The number of anilines is 1. The van der Waals surface area contributed by atoms with E-state index in [9.17, 15) is 13.2 Å². The van der Waals surface area contributed by atoms with Crippen LogP contribution in [0.25, 0.3) is 0 Å². The molecular weight excluding hydrogens is 447 g/mol. The van der Waals surface area contributed by atoms with E-state index in [4.69, 9.17) is 27.9 Å². The Morgan fingerprint density at radius 1 is 1.07 bits per heavy atom. The van der Waals surface area contributed by atoms with Crippen LogP contribution in [0.5, 0.6) is 0 Å². The molecule has 2 aromatic carbocycles. The fraction of sp³-hybridized carbons (Fsp3) is 0.381. The van der Waals surface area contributed by atoms with Crippen molar-refractivity contribution in [3.63, 3.8) is 0 Å². The van der Waals surface area contributed by atoms with Gasteiger partial charge >= 0.3 is 0 Å². The summed E-state index contributed by atoms with van der Waals surface area (Å²) in [5, 5.41) is 3.57. The van der Waals surface area contributed by atoms with Gasteiger partial charge in [-0.25, -0.2) is 8.42 Å². The molecule has 1 heterocycles. The number of nitrogens with zero attached hydrogens (tertiary/aromatic N) is 1. The smallest absolute Gasteiger partial charge is 0.255 e. The van der Waals surface area contributed by atoms with Gasteiger partial charge in [0.25, 0.3) is 5.91 Å². The molecular formula is C21H24Cl2N2O4S. The van der Waals surface area contributed by atoms with Gasteiger partial charge in [-0.15, -0.1) is 0 Å². The molecule has 1 aliphatic rings. The third-order valence-corrected chi connectivity index (χ3v) is 7.83. The second kappa shape index (κ2) is 9.66. The fourth-order valence-electron chi connectivity index (χ4n) is 3.42. The number of nitrogens with one attached hydrogen (secondary N) is 1. The molecule has 0 unspecified atom stereocenters. The highest BCUT2D eigenvalue weighted by molar-refractivity contribution is 7.89. The Morgan fingerprint density at radius 2 is 1.73 bits per heavy atom. The first kappa shape index (κ1) is 23.0. The maximum absolute atomic E-state index is 13.0. The van der Waals surface area contributed by atoms with Crippen LogP contribution in [0, 0.1) is 0 Å². The van der Waals surface area contributed by atoms with Crippen molar-refractivity contribution in [1.29, 1.82) is 0 Å². The quantitative estimate of drug-likeness (QED) is 0.678. The minimum absolute atomic E-state index is 0.0734. The molecule has 30 heavy (non-hydrogen) atoms. The van der Waals surface area contributed by atoms with Crippen molar-refractivity contribution in [3.8, 4) is 0 Å². The van der Waals surface area contributed by atoms with Crippen LogP contribution in [0.1, 0.15) is 35.3 Å². The Balaban J connectivity index is 1.96. The van der Waals surface area contributed by atoms with Crippen LogP contribution >= 0.6 is 23.2 Å². The van der Waals surface area contributed by atoms with Crippen molar-refractivity contribution >= 4 is 44.8 Å². The molecule has 0 aliphatic carbocycles. The van der Waals surface area contributed by atoms with Gasteiger partial charge in [-0.05, 0) is 48.2 Å².